The van der Waals surface area contributed by atoms with Crippen LogP contribution in [0.5, 0.6) is 0 Å². The minimum atomic E-state index is -0.630. The summed E-state index contributed by atoms with van der Waals surface area (Å²) in [5, 5.41) is 23.6. The lowest BCUT2D eigenvalue weighted by molar-refractivity contribution is -0.384. The molecule has 0 saturated carbocycles. The number of hydrogen-bond acceptors (Lipinski definition) is 4. The Bertz CT molecular complexity index is 378. The molecule has 1 aromatic carbocycles. The lowest BCUT2D eigenvalue weighted by Gasteiger charge is -2.14. The molecule has 5 heteroatoms. The number of benzene rings is 1. The fourth-order valence-corrected chi connectivity index (χ4v) is 1.55. The molecule has 2 atom stereocenters. The van der Waals surface area contributed by atoms with Gasteiger partial charge in [0, 0.05) is 18.7 Å². The second kappa shape index (κ2) is 7.08. The fraction of sp³-hybridized carbons (Fsp3) is 0.538. The largest absolute Gasteiger partial charge is 0.387 e. The van der Waals surface area contributed by atoms with Crippen LogP contribution < -0.4 is 5.32 Å². The van der Waals surface area contributed by atoms with E-state index in [4.69, 9.17) is 0 Å². The van der Waals surface area contributed by atoms with Crippen LogP contribution in [-0.4, -0.2) is 23.1 Å². The molecule has 0 spiro atoms. The van der Waals surface area contributed by atoms with E-state index in [-0.39, 0.29) is 5.69 Å². The molecule has 0 radical (unpaired) electrons. The molecule has 0 saturated heterocycles. The van der Waals surface area contributed by atoms with Crippen molar-refractivity contribution in [3.63, 3.8) is 0 Å². The van der Waals surface area contributed by atoms with Crippen molar-refractivity contribution in [1.29, 1.82) is 0 Å². The predicted octanol–water partition coefficient (Wildman–Crippen LogP) is 2.26. The third kappa shape index (κ3) is 4.43. The monoisotopic (exact) mass is 252 g/mol. The van der Waals surface area contributed by atoms with Gasteiger partial charge in [-0.1, -0.05) is 20.3 Å². The molecular formula is C13H20N2O3. The van der Waals surface area contributed by atoms with Gasteiger partial charge in [-0.25, -0.2) is 0 Å². The molecule has 0 bridgehead atoms. The predicted molar refractivity (Wildman–Crippen MR) is 70.4 cm³/mol. The zero-order valence-corrected chi connectivity index (χ0v) is 10.8. The summed E-state index contributed by atoms with van der Waals surface area (Å²) in [4.78, 5) is 10.0. The SMILES string of the molecule is CCC(C)CNCC(O)c1ccc([N+](=O)[O-])cc1. The molecule has 0 aromatic heterocycles. The van der Waals surface area contributed by atoms with Gasteiger partial charge in [-0.3, -0.25) is 10.1 Å². The van der Waals surface area contributed by atoms with Gasteiger partial charge in [0.25, 0.3) is 5.69 Å². The Hall–Kier alpha value is -1.46. The van der Waals surface area contributed by atoms with Crippen LogP contribution in [0.25, 0.3) is 0 Å². The quantitative estimate of drug-likeness (QED) is 0.576. The molecule has 100 valence electrons. The number of aliphatic hydroxyl groups is 1. The van der Waals surface area contributed by atoms with Crippen LogP contribution in [0.15, 0.2) is 24.3 Å². The van der Waals surface area contributed by atoms with E-state index < -0.39 is 11.0 Å². The molecule has 1 rings (SSSR count). The summed E-state index contributed by atoms with van der Waals surface area (Å²) in [5.41, 5.74) is 0.732. The lowest BCUT2D eigenvalue weighted by Crippen LogP contribution is -2.26. The van der Waals surface area contributed by atoms with E-state index in [9.17, 15) is 15.2 Å². The van der Waals surface area contributed by atoms with Gasteiger partial charge in [0.15, 0.2) is 0 Å². The average Bonchev–Trinajstić information content (AvgIpc) is 2.38. The Morgan fingerprint density at radius 1 is 1.33 bits per heavy atom. The molecule has 18 heavy (non-hydrogen) atoms. The van der Waals surface area contributed by atoms with E-state index in [0.29, 0.717) is 18.0 Å². The molecule has 0 amide bonds. The van der Waals surface area contributed by atoms with Gasteiger partial charge in [-0.05, 0) is 30.2 Å². The van der Waals surface area contributed by atoms with Crippen LogP contribution in [0.2, 0.25) is 0 Å². The maximum absolute atomic E-state index is 10.5. The molecule has 0 heterocycles. The van der Waals surface area contributed by atoms with Gasteiger partial charge in [-0.15, -0.1) is 0 Å². The number of rotatable bonds is 7. The molecule has 1 aromatic rings. The number of nitrogens with zero attached hydrogens (tertiary/aromatic N) is 1. The standard InChI is InChI=1S/C13H20N2O3/c1-3-10(2)8-14-9-13(16)11-4-6-12(7-5-11)15(17)18/h4-7,10,13-14,16H,3,8-9H2,1-2H3. The van der Waals surface area contributed by atoms with E-state index >= 15 is 0 Å². The lowest BCUT2D eigenvalue weighted by atomic mass is 10.1. The number of nitro groups is 1. The molecule has 5 nitrogen and oxygen atoms in total. The van der Waals surface area contributed by atoms with Crippen molar-refractivity contribution in [2.75, 3.05) is 13.1 Å². The molecule has 0 fully saturated rings. The van der Waals surface area contributed by atoms with Gasteiger partial charge in [0.1, 0.15) is 0 Å². The van der Waals surface area contributed by atoms with E-state index in [2.05, 4.69) is 19.2 Å². The highest BCUT2D eigenvalue weighted by Gasteiger charge is 2.10. The summed E-state index contributed by atoms with van der Waals surface area (Å²) in [6, 6.07) is 6.00. The highest BCUT2D eigenvalue weighted by molar-refractivity contribution is 5.33. The Morgan fingerprint density at radius 3 is 2.44 bits per heavy atom. The summed E-state index contributed by atoms with van der Waals surface area (Å²) in [7, 11) is 0. The Labute approximate surface area is 107 Å². The first kappa shape index (κ1) is 14.6. The molecule has 0 aliphatic rings. The van der Waals surface area contributed by atoms with E-state index in [1.165, 1.54) is 12.1 Å². The molecule has 2 unspecified atom stereocenters. The fourth-order valence-electron chi connectivity index (χ4n) is 1.55. The van der Waals surface area contributed by atoms with Crippen molar-refractivity contribution in [2.24, 2.45) is 5.92 Å². The number of non-ortho nitro benzene ring substituents is 1. The van der Waals surface area contributed by atoms with Gasteiger partial charge >= 0.3 is 0 Å². The van der Waals surface area contributed by atoms with Crippen LogP contribution >= 0.6 is 0 Å². The van der Waals surface area contributed by atoms with Gasteiger partial charge in [0.05, 0.1) is 11.0 Å². The van der Waals surface area contributed by atoms with Crippen LogP contribution in [-0.2, 0) is 0 Å². The first-order valence-corrected chi connectivity index (χ1v) is 6.17. The van der Waals surface area contributed by atoms with E-state index in [1.54, 1.807) is 12.1 Å². The third-order valence-electron chi connectivity index (χ3n) is 3.02. The minimum absolute atomic E-state index is 0.0403. The van der Waals surface area contributed by atoms with Gasteiger partial charge in [0.2, 0.25) is 0 Å². The van der Waals surface area contributed by atoms with Crippen molar-refractivity contribution >= 4 is 5.69 Å². The number of aliphatic hydroxyl groups excluding tert-OH is 1. The third-order valence-corrected chi connectivity index (χ3v) is 3.02. The number of nitro benzene ring substituents is 1. The minimum Gasteiger partial charge on any atom is -0.387 e. The van der Waals surface area contributed by atoms with E-state index in [0.717, 1.165) is 13.0 Å². The summed E-state index contributed by atoms with van der Waals surface area (Å²) >= 11 is 0. The van der Waals surface area contributed by atoms with Gasteiger partial charge < -0.3 is 10.4 Å². The summed E-state index contributed by atoms with van der Waals surface area (Å²) in [6.07, 6.45) is 0.468. The number of nitrogens with one attached hydrogen (secondary N) is 1. The van der Waals surface area contributed by atoms with Crippen molar-refractivity contribution in [2.45, 2.75) is 26.4 Å². The van der Waals surface area contributed by atoms with Crippen molar-refractivity contribution in [3.05, 3.63) is 39.9 Å². The highest BCUT2D eigenvalue weighted by Crippen LogP contribution is 2.17. The highest BCUT2D eigenvalue weighted by atomic mass is 16.6. The maximum atomic E-state index is 10.5. The van der Waals surface area contributed by atoms with Crippen LogP contribution in [0.1, 0.15) is 31.9 Å². The first-order valence-electron chi connectivity index (χ1n) is 6.17. The first-order chi connectivity index (χ1) is 8.54. The van der Waals surface area contributed by atoms with Crippen LogP contribution in [0.3, 0.4) is 0 Å². The van der Waals surface area contributed by atoms with Gasteiger partial charge in [-0.2, -0.15) is 0 Å². The Morgan fingerprint density at radius 2 is 1.94 bits per heavy atom. The smallest absolute Gasteiger partial charge is 0.269 e. The van der Waals surface area contributed by atoms with Crippen LogP contribution in [0.4, 0.5) is 5.69 Å². The zero-order valence-electron chi connectivity index (χ0n) is 10.8. The zero-order chi connectivity index (χ0) is 13.5. The van der Waals surface area contributed by atoms with Crippen LogP contribution in [0, 0.1) is 16.0 Å². The molecule has 2 N–H and O–H groups in total. The van der Waals surface area contributed by atoms with E-state index in [1.807, 2.05) is 0 Å². The van der Waals surface area contributed by atoms with Crippen molar-refractivity contribution < 1.29 is 10.0 Å². The van der Waals surface area contributed by atoms with Crippen molar-refractivity contribution in [1.82, 2.24) is 5.32 Å². The van der Waals surface area contributed by atoms with Crippen molar-refractivity contribution in [3.8, 4) is 0 Å². The number of hydrogen-bond donors (Lipinski definition) is 2. The molecular weight excluding hydrogens is 232 g/mol. The Kier molecular flexibility index (Phi) is 5.74. The maximum Gasteiger partial charge on any atom is 0.269 e. The summed E-state index contributed by atoms with van der Waals surface area (Å²) < 4.78 is 0. The topological polar surface area (TPSA) is 75.4 Å². The normalized spacial score (nSPS) is 14.2. The Balaban J connectivity index is 2.46. The second-order valence-electron chi connectivity index (χ2n) is 4.54. The second-order valence-corrected chi connectivity index (χ2v) is 4.54. The summed E-state index contributed by atoms with van der Waals surface area (Å²) in [6.45, 7) is 5.59. The molecule has 0 aliphatic carbocycles. The molecule has 0 aliphatic heterocycles. The summed E-state index contributed by atoms with van der Waals surface area (Å²) in [5.74, 6) is 0.578. The average molecular weight is 252 g/mol.